The molecule has 0 saturated heterocycles. The highest BCUT2D eigenvalue weighted by atomic mass is 16.7. The molecule has 2 atom stereocenters. The van der Waals surface area contributed by atoms with Gasteiger partial charge in [0.05, 0.1) is 34.4 Å². The van der Waals surface area contributed by atoms with Crippen molar-refractivity contribution in [1.29, 1.82) is 0 Å². The van der Waals surface area contributed by atoms with Gasteiger partial charge in [-0.1, -0.05) is 383 Å². The van der Waals surface area contributed by atoms with Crippen molar-refractivity contribution in [2.24, 2.45) is 0 Å². The first-order chi connectivity index (χ1) is 44.6. The van der Waals surface area contributed by atoms with Crippen LogP contribution < -0.4 is 0 Å². The smallest absolute Gasteiger partial charge is 0.361 e. The third kappa shape index (κ3) is 74.5. The molecular weight excluding hydrogens is 1130 g/mol. The maximum Gasteiger partial charge on any atom is 0.361 e. The average molecular weight is 1280 g/mol. The van der Waals surface area contributed by atoms with Crippen LogP contribution in [-0.2, 0) is 33.3 Å². The summed E-state index contributed by atoms with van der Waals surface area (Å²) in [5.41, 5.74) is 0. The highest BCUT2D eigenvalue weighted by Gasteiger charge is 2.25. The molecule has 1 N–H and O–H groups in total. The van der Waals surface area contributed by atoms with Crippen LogP contribution in [0.15, 0.2) is 48.6 Å². The van der Waals surface area contributed by atoms with Crippen LogP contribution in [0.1, 0.15) is 399 Å². The third-order valence-electron chi connectivity index (χ3n) is 18.1. The molecular formula is C82H154NO8+. The molecule has 0 aromatic heterocycles. The molecule has 0 aromatic carbocycles. The Labute approximate surface area is 565 Å². The van der Waals surface area contributed by atoms with Gasteiger partial charge in [0.15, 0.2) is 6.10 Å². The molecule has 534 valence electrons. The normalized spacial score (nSPS) is 12.8. The second kappa shape index (κ2) is 73.1. The van der Waals surface area contributed by atoms with E-state index in [-0.39, 0.29) is 38.2 Å². The average Bonchev–Trinajstić information content (AvgIpc) is 3.50. The molecule has 0 saturated carbocycles. The molecule has 0 rings (SSSR count). The standard InChI is InChI=1S/C82H153NO8/c1-6-8-10-12-14-16-18-20-22-24-26-28-30-32-34-36-37-38-39-40-41-42-43-45-47-49-51-53-55-57-59-61-63-65-67-69-71-73-80(85)91-78(77-90-82(81(86)87)88-75-74-83(3,4)5)76-89-79(84)72-70-68-66-64-62-60-58-56-54-52-50-48-46-44-35-33-31-29-27-25-23-21-19-17-15-13-11-9-7-2/h8,10,14,16,20,22,26,28,78,82H,6-7,9,11-13,15,17-19,21,23-25,27,29-77H2,1-5H3/p+1/b10-8-,16-14-,22-20-,28-26-. The van der Waals surface area contributed by atoms with Gasteiger partial charge in [0.2, 0.25) is 0 Å². The van der Waals surface area contributed by atoms with Crippen molar-refractivity contribution in [3.8, 4) is 0 Å². The molecule has 0 aliphatic heterocycles. The lowest BCUT2D eigenvalue weighted by Gasteiger charge is -2.25. The summed E-state index contributed by atoms with van der Waals surface area (Å²) in [6.07, 6.45) is 92.7. The summed E-state index contributed by atoms with van der Waals surface area (Å²) in [5.74, 6) is -1.97. The molecule has 2 unspecified atom stereocenters. The molecule has 0 heterocycles. The topological polar surface area (TPSA) is 108 Å². The molecule has 0 bridgehead atoms. The quantitative estimate of drug-likeness (QED) is 0.0211. The molecule has 0 aromatic rings. The summed E-state index contributed by atoms with van der Waals surface area (Å²) >= 11 is 0. The van der Waals surface area contributed by atoms with Crippen LogP contribution >= 0.6 is 0 Å². The molecule has 0 amide bonds. The van der Waals surface area contributed by atoms with E-state index in [9.17, 15) is 19.5 Å². The van der Waals surface area contributed by atoms with Crippen LogP contribution in [0.25, 0.3) is 0 Å². The Hall–Kier alpha value is -2.75. The van der Waals surface area contributed by atoms with E-state index >= 15 is 0 Å². The minimum Gasteiger partial charge on any atom is -0.477 e. The highest BCUT2D eigenvalue weighted by molar-refractivity contribution is 5.71. The highest BCUT2D eigenvalue weighted by Crippen LogP contribution is 2.20. The third-order valence-corrected chi connectivity index (χ3v) is 18.1. The van der Waals surface area contributed by atoms with Crippen molar-refractivity contribution in [3.63, 3.8) is 0 Å². The van der Waals surface area contributed by atoms with Crippen molar-refractivity contribution in [3.05, 3.63) is 48.6 Å². The Morgan fingerprint density at radius 2 is 0.626 bits per heavy atom. The second-order valence-electron chi connectivity index (χ2n) is 28.4. The lowest BCUT2D eigenvalue weighted by atomic mass is 10.0. The first kappa shape index (κ1) is 88.2. The van der Waals surface area contributed by atoms with Gasteiger partial charge in [0, 0.05) is 12.8 Å². The number of carboxylic acid groups (broad SMARTS) is 1. The molecule has 9 heteroatoms. The van der Waals surface area contributed by atoms with Crippen LogP contribution in [0.5, 0.6) is 0 Å². The summed E-state index contributed by atoms with van der Waals surface area (Å²) in [6.45, 7) is 4.85. The Balaban J connectivity index is 3.96. The van der Waals surface area contributed by atoms with Crippen molar-refractivity contribution in [2.75, 3.05) is 47.5 Å². The lowest BCUT2D eigenvalue weighted by molar-refractivity contribution is -0.870. The number of ether oxygens (including phenoxy) is 4. The number of quaternary nitrogens is 1. The van der Waals surface area contributed by atoms with Crippen molar-refractivity contribution in [1.82, 2.24) is 0 Å². The minimum atomic E-state index is -1.51. The molecule has 0 aliphatic rings. The van der Waals surface area contributed by atoms with Gasteiger partial charge in [-0.3, -0.25) is 9.59 Å². The van der Waals surface area contributed by atoms with Crippen LogP contribution in [-0.4, -0.2) is 87.4 Å². The van der Waals surface area contributed by atoms with Crippen LogP contribution in [0, 0.1) is 0 Å². The number of likely N-dealkylation sites (N-methyl/N-ethyl adjacent to an activating group) is 1. The van der Waals surface area contributed by atoms with Gasteiger partial charge in [-0.15, -0.1) is 0 Å². The van der Waals surface area contributed by atoms with Crippen molar-refractivity contribution < 1.29 is 42.9 Å². The fourth-order valence-corrected chi connectivity index (χ4v) is 12.1. The molecule has 9 nitrogen and oxygen atoms in total. The van der Waals surface area contributed by atoms with E-state index in [1.54, 1.807) is 0 Å². The number of nitrogens with zero attached hydrogens (tertiary/aromatic N) is 1. The van der Waals surface area contributed by atoms with E-state index < -0.39 is 18.4 Å². The molecule has 0 aliphatic carbocycles. The number of carbonyl (C=O) groups excluding carboxylic acids is 2. The van der Waals surface area contributed by atoms with E-state index in [2.05, 4.69) is 62.5 Å². The fourth-order valence-electron chi connectivity index (χ4n) is 12.1. The predicted octanol–water partition coefficient (Wildman–Crippen LogP) is 25.3. The first-order valence-electron chi connectivity index (χ1n) is 39.8. The Morgan fingerprint density at radius 1 is 0.341 bits per heavy atom. The summed E-state index contributed by atoms with van der Waals surface area (Å²) in [5, 5.41) is 9.77. The fraction of sp³-hybridized carbons (Fsp3) is 0.866. The summed E-state index contributed by atoms with van der Waals surface area (Å²) in [6, 6.07) is 0. The van der Waals surface area contributed by atoms with E-state index in [0.29, 0.717) is 17.4 Å². The monoisotopic (exact) mass is 1280 g/mol. The van der Waals surface area contributed by atoms with E-state index in [1.807, 2.05) is 21.1 Å². The SMILES string of the molecule is CC/C=C\C/C=C\C/C=C\C/C=C\CCCCCCCCCCCCCCCCCCCCCCCCCCC(=O)OC(COC(=O)CCCCCCCCCCCCCCCCCCCCCCCCCCCCCCC)COC(OCC[N+](C)(C)C)C(=O)O. The van der Waals surface area contributed by atoms with Gasteiger partial charge in [0.25, 0.3) is 6.29 Å². The Morgan fingerprint density at radius 3 is 0.934 bits per heavy atom. The minimum absolute atomic E-state index is 0.175. The molecule has 0 spiro atoms. The molecule has 0 fully saturated rings. The van der Waals surface area contributed by atoms with Gasteiger partial charge < -0.3 is 28.5 Å². The number of aliphatic carboxylic acids is 1. The van der Waals surface area contributed by atoms with E-state index in [0.717, 1.165) is 64.2 Å². The van der Waals surface area contributed by atoms with Gasteiger partial charge >= 0.3 is 17.9 Å². The van der Waals surface area contributed by atoms with Gasteiger partial charge in [-0.2, -0.15) is 0 Å². The maximum atomic E-state index is 13.0. The Kier molecular flexibility index (Phi) is 70.9. The number of carboxylic acids is 1. The number of hydrogen-bond acceptors (Lipinski definition) is 7. The largest absolute Gasteiger partial charge is 0.477 e. The zero-order valence-corrected chi connectivity index (χ0v) is 61.3. The maximum absolute atomic E-state index is 13.0. The number of unbranched alkanes of at least 4 members (excludes halogenated alkanes) is 52. The summed E-state index contributed by atoms with van der Waals surface area (Å²) in [7, 11) is 6.00. The van der Waals surface area contributed by atoms with Gasteiger partial charge in [-0.25, -0.2) is 4.79 Å². The number of rotatable bonds is 75. The van der Waals surface area contributed by atoms with Crippen LogP contribution in [0.3, 0.4) is 0 Å². The number of hydrogen-bond donors (Lipinski definition) is 1. The van der Waals surface area contributed by atoms with Crippen LogP contribution in [0.2, 0.25) is 0 Å². The Bertz CT molecular complexity index is 1630. The van der Waals surface area contributed by atoms with Gasteiger partial charge in [0.1, 0.15) is 13.2 Å². The summed E-state index contributed by atoms with van der Waals surface area (Å²) < 4.78 is 23.1. The van der Waals surface area contributed by atoms with Crippen molar-refractivity contribution in [2.45, 2.75) is 411 Å². The summed E-state index contributed by atoms with van der Waals surface area (Å²) in [4.78, 5) is 37.7. The van der Waals surface area contributed by atoms with Crippen molar-refractivity contribution >= 4 is 17.9 Å². The molecule has 0 radical (unpaired) electrons. The first-order valence-corrected chi connectivity index (χ1v) is 39.8. The lowest BCUT2D eigenvalue weighted by Crippen LogP contribution is -2.40. The van der Waals surface area contributed by atoms with Crippen LogP contribution in [0.4, 0.5) is 0 Å². The zero-order chi connectivity index (χ0) is 66.1. The predicted molar refractivity (Wildman–Crippen MR) is 392 cm³/mol. The zero-order valence-electron chi connectivity index (χ0n) is 61.3. The van der Waals surface area contributed by atoms with E-state index in [1.165, 1.54) is 308 Å². The molecule has 91 heavy (non-hydrogen) atoms. The number of esters is 2. The van der Waals surface area contributed by atoms with E-state index in [4.69, 9.17) is 18.9 Å². The number of allylic oxidation sites excluding steroid dienone is 8. The number of carbonyl (C=O) groups is 3. The second-order valence-corrected chi connectivity index (χ2v) is 28.4. The van der Waals surface area contributed by atoms with Gasteiger partial charge in [-0.05, 0) is 51.4 Å².